The van der Waals surface area contributed by atoms with E-state index in [2.05, 4.69) is 4.72 Å². The molecule has 0 radical (unpaired) electrons. The van der Waals surface area contributed by atoms with Gasteiger partial charge in [0.25, 0.3) is 0 Å². The summed E-state index contributed by atoms with van der Waals surface area (Å²) in [6, 6.07) is 2.02. The molecule has 0 aliphatic rings. The summed E-state index contributed by atoms with van der Waals surface area (Å²) in [5.74, 6) is 0.334. The molecular formula is C8H15ClN2O2S. The zero-order chi connectivity index (χ0) is 11.2. The van der Waals surface area contributed by atoms with E-state index in [1.54, 1.807) is 13.8 Å². The van der Waals surface area contributed by atoms with Gasteiger partial charge in [0.05, 0.1) is 17.2 Å². The molecule has 4 nitrogen and oxygen atoms in total. The van der Waals surface area contributed by atoms with Crippen LogP contribution in [0.1, 0.15) is 20.3 Å². The van der Waals surface area contributed by atoms with Crippen LogP contribution in [0.25, 0.3) is 0 Å². The molecular weight excluding hydrogens is 224 g/mol. The number of alkyl halides is 1. The molecule has 0 aliphatic carbocycles. The van der Waals surface area contributed by atoms with E-state index in [0.717, 1.165) is 0 Å². The number of sulfonamides is 1. The van der Waals surface area contributed by atoms with E-state index in [9.17, 15) is 8.42 Å². The first kappa shape index (κ1) is 13.7. The lowest BCUT2D eigenvalue weighted by Crippen LogP contribution is -2.34. The fourth-order valence-corrected chi connectivity index (χ4v) is 2.19. The Morgan fingerprint density at radius 2 is 2.07 bits per heavy atom. The minimum atomic E-state index is -3.27. The molecule has 0 atom stereocenters. The predicted octanol–water partition coefficient (Wildman–Crippen LogP) is 1.08. The maximum Gasteiger partial charge on any atom is 0.211 e. The van der Waals surface area contributed by atoms with Crippen LogP contribution in [-0.2, 0) is 10.0 Å². The van der Waals surface area contributed by atoms with Gasteiger partial charge in [0, 0.05) is 12.4 Å². The quantitative estimate of drug-likeness (QED) is 0.704. The normalized spacial score (nSPS) is 12.4. The number of rotatable bonds is 6. The number of hydrogen-bond acceptors (Lipinski definition) is 3. The second-order valence-corrected chi connectivity index (χ2v) is 5.98. The van der Waals surface area contributed by atoms with E-state index in [1.807, 2.05) is 6.07 Å². The molecule has 0 saturated carbocycles. The van der Waals surface area contributed by atoms with Crippen LogP contribution in [0.3, 0.4) is 0 Å². The van der Waals surface area contributed by atoms with Gasteiger partial charge < -0.3 is 0 Å². The summed E-state index contributed by atoms with van der Waals surface area (Å²) in [5, 5.41) is 8.66. The zero-order valence-corrected chi connectivity index (χ0v) is 9.95. The van der Waals surface area contributed by atoms with Crippen molar-refractivity contribution in [3.63, 3.8) is 0 Å². The Kier molecular flexibility index (Phi) is 5.42. The van der Waals surface area contributed by atoms with Crippen LogP contribution in [-0.4, -0.2) is 26.6 Å². The molecule has 0 aliphatic heterocycles. The molecule has 0 spiro atoms. The van der Waals surface area contributed by atoms with Crippen molar-refractivity contribution in [2.75, 3.05) is 18.2 Å². The van der Waals surface area contributed by atoms with Gasteiger partial charge in [-0.05, 0) is 20.3 Å². The highest BCUT2D eigenvalue weighted by atomic mass is 35.5. The molecule has 0 aromatic heterocycles. The Hall–Kier alpha value is -0.310. The molecule has 82 valence electrons. The molecule has 0 saturated heterocycles. The van der Waals surface area contributed by atoms with Crippen molar-refractivity contribution in [1.29, 1.82) is 5.26 Å². The lowest BCUT2D eigenvalue weighted by molar-refractivity contribution is 0.478. The molecule has 0 amide bonds. The molecule has 0 aromatic carbocycles. The second-order valence-electron chi connectivity index (χ2n) is 3.68. The highest BCUT2D eigenvalue weighted by molar-refractivity contribution is 7.89. The van der Waals surface area contributed by atoms with Crippen molar-refractivity contribution in [2.45, 2.75) is 20.3 Å². The van der Waals surface area contributed by atoms with Gasteiger partial charge in [0.15, 0.2) is 0 Å². The molecule has 0 rings (SSSR count). The number of nitrogens with zero attached hydrogens (tertiary/aromatic N) is 1. The van der Waals surface area contributed by atoms with Crippen LogP contribution in [0, 0.1) is 16.7 Å². The van der Waals surface area contributed by atoms with E-state index in [0.29, 0.717) is 12.3 Å². The average Bonchev–Trinajstić information content (AvgIpc) is 2.12. The SMILES string of the molecule is CC(C)(C#N)CNS(=O)(=O)CCCCl. The summed E-state index contributed by atoms with van der Waals surface area (Å²) in [6.45, 7) is 3.49. The van der Waals surface area contributed by atoms with Gasteiger partial charge in [0.2, 0.25) is 10.0 Å². The third-order valence-electron chi connectivity index (χ3n) is 1.58. The third kappa shape index (κ3) is 6.19. The fraction of sp³-hybridized carbons (Fsp3) is 0.875. The van der Waals surface area contributed by atoms with Gasteiger partial charge in [-0.3, -0.25) is 0 Å². The minimum absolute atomic E-state index is 0.0119. The Morgan fingerprint density at radius 3 is 2.50 bits per heavy atom. The molecule has 0 heterocycles. The summed E-state index contributed by atoms with van der Waals surface area (Å²) in [7, 11) is -3.27. The van der Waals surface area contributed by atoms with Gasteiger partial charge in [-0.25, -0.2) is 13.1 Å². The topological polar surface area (TPSA) is 70.0 Å². The van der Waals surface area contributed by atoms with E-state index >= 15 is 0 Å². The summed E-state index contributed by atoms with van der Waals surface area (Å²) in [4.78, 5) is 0. The van der Waals surface area contributed by atoms with Crippen molar-refractivity contribution in [2.24, 2.45) is 5.41 Å². The standard InChI is InChI=1S/C8H15ClN2O2S/c1-8(2,6-10)7-11-14(12,13)5-3-4-9/h11H,3-5,7H2,1-2H3. The van der Waals surface area contributed by atoms with Crippen LogP contribution < -0.4 is 4.72 Å². The largest absolute Gasteiger partial charge is 0.214 e. The van der Waals surface area contributed by atoms with Crippen LogP contribution >= 0.6 is 11.6 Å². The highest BCUT2D eigenvalue weighted by Crippen LogP contribution is 2.11. The molecule has 0 unspecified atom stereocenters. The molecule has 0 fully saturated rings. The molecule has 1 N–H and O–H groups in total. The first-order chi connectivity index (χ1) is 6.33. The first-order valence-electron chi connectivity index (χ1n) is 4.27. The van der Waals surface area contributed by atoms with Crippen molar-refractivity contribution in [3.8, 4) is 6.07 Å². The number of nitriles is 1. The van der Waals surface area contributed by atoms with Crippen LogP contribution in [0.5, 0.6) is 0 Å². The van der Waals surface area contributed by atoms with Gasteiger partial charge in [0.1, 0.15) is 0 Å². The molecule has 6 heteroatoms. The fourth-order valence-electron chi connectivity index (χ4n) is 0.647. The van der Waals surface area contributed by atoms with Crippen molar-refractivity contribution in [3.05, 3.63) is 0 Å². The van der Waals surface area contributed by atoms with Gasteiger partial charge in [-0.2, -0.15) is 5.26 Å². The van der Waals surface area contributed by atoms with E-state index < -0.39 is 15.4 Å². The average molecular weight is 239 g/mol. The maximum atomic E-state index is 11.3. The second kappa shape index (κ2) is 5.54. The lowest BCUT2D eigenvalue weighted by Gasteiger charge is -2.15. The summed E-state index contributed by atoms with van der Waals surface area (Å²) < 4.78 is 24.9. The van der Waals surface area contributed by atoms with E-state index in [1.165, 1.54) is 0 Å². The van der Waals surface area contributed by atoms with E-state index in [-0.39, 0.29) is 12.3 Å². The maximum absolute atomic E-state index is 11.3. The summed E-state index contributed by atoms with van der Waals surface area (Å²) in [6.07, 6.45) is 0.421. The van der Waals surface area contributed by atoms with Crippen LogP contribution in [0.2, 0.25) is 0 Å². The smallest absolute Gasteiger partial charge is 0.211 e. The monoisotopic (exact) mass is 238 g/mol. The van der Waals surface area contributed by atoms with Gasteiger partial charge >= 0.3 is 0 Å². The highest BCUT2D eigenvalue weighted by Gasteiger charge is 2.20. The molecule has 0 aromatic rings. The zero-order valence-electron chi connectivity index (χ0n) is 8.38. The number of hydrogen-bond donors (Lipinski definition) is 1. The van der Waals surface area contributed by atoms with Crippen molar-refractivity contribution < 1.29 is 8.42 Å². The Morgan fingerprint density at radius 1 is 1.50 bits per heavy atom. The Balaban J connectivity index is 4.08. The summed E-state index contributed by atoms with van der Waals surface area (Å²) in [5.41, 5.74) is -0.673. The lowest BCUT2D eigenvalue weighted by atomic mass is 9.97. The Labute approximate surface area is 90.3 Å². The summed E-state index contributed by atoms with van der Waals surface area (Å²) >= 11 is 5.38. The Bertz CT molecular complexity index is 306. The van der Waals surface area contributed by atoms with Gasteiger partial charge in [-0.1, -0.05) is 0 Å². The number of halogens is 1. The molecule has 14 heavy (non-hydrogen) atoms. The predicted molar refractivity (Wildman–Crippen MR) is 56.5 cm³/mol. The minimum Gasteiger partial charge on any atom is -0.214 e. The first-order valence-corrected chi connectivity index (χ1v) is 6.46. The van der Waals surface area contributed by atoms with Crippen molar-refractivity contribution >= 4 is 21.6 Å². The van der Waals surface area contributed by atoms with Crippen LogP contribution in [0.15, 0.2) is 0 Å². The van der Waals surface area contributed by atoms with E-state index in [4.69, 9.17) is 16.9 Å². The van der Waals surface area contributed by atoms with Crippen LogP contribution in [0.4, 0.5) is 0 Å². The number of nitrogens with one attached hydrogen (secondary N) is 1. The third-order valence-corrected chi connectivity index (χ3v) is 3.26. The van der Waals surface area contributed by atoms with Gasteiger partial charge in [-0.15, -0.1) is 11.6 Å². The molecule has 0 bridgehead atoms. The van der Waals surface area contributed by atoms with Crippen molar-refractivity contribution in [1.82, 2.24) is 4.72 Å².